The Balaban J connectivity index is 2.30. The van der Waals surface area contributed by atoms with Crippen LogP contribution in [0.2, 0.25) is 0 Å². The topological polar surface area (TPSA) is 59.0 Å². The number of carbonyl (C=O) groups is 1. The number of aliphatic hydroxyl groups excluding tert-OH is 1. The lowest BCUT2D eigenvalue weighted by atomic mass is 9.99. The zero-order valence-corrected chi connectivity index (χ0v) is 11.8. The van der Waals surface area contributed by atoms with E-state index in [0.717, 1.165) is 0 Å². The second-order valence-electron chi connectivity index (χ2n) is 5.56. The maximum absolute atomic E-state index is 12.7. The van der Waals surface area contributed by atoms with Crippen molar-refractivity contribution in [1.29, 1.82) is 0 Å². The molecule has 1 amide bonds. The smallest absolute Gasteiger partial charge is 0.386 e. The largest absolute Gasteiger partial charge is 0.471 e. The first-order valence-corrected chi connectivity index (χ1v) is 6.66. The van der Waals surface area contributed by atoms with Crippen LogP contribution in [0.15, 0.2) is 12.2 Å². The van der Waals surface area contributed by atoms with Crippen LogP contribution in [0.3, 0.4) is 0 Å². The average molecular weight is 309 g/mol. The molecule has 5 nitrogen and oxygen atoms in total. The molecule has 2 aliphatic heterocycles. The van der Waals surface area contributed by atoms with Gasteiger partial charge in [-0.05, 0) is 20.3 Å². The molecule has 2 heterocycles. The molecule has 0 aromatic heterocycles. The Hall–Kier alpha value is -1.12. The Kier molecular flexibility index (Phi) is 4.32. The molecule has 120 valence electrons. The predicted molar refractivity (Wildman–Crippen MR) is 66.2 cm³/mol. The minimum atomic E-state index is -4.97. The van der Waals surface area contributed by atoms with E-state index in [1.807, 2.05) is 0 Å². The van der Waals surface area contributed by atoms with Gasteiger partial charge >= 0.3 is 12.1 Å². The minimum Gasteiger partial charge on any atom is -0.386 e. The lowest BCUT2D eigenvalue weighted by Crippen LogP contribution is -2.62. The van der Waals surface area contributed by atoms with Gasteiger partial charge in [-0.1, -0.05) is 12.2 Å². The molecule has 0 aromatic carbocycles. The number of halogens is 3. The number of ether oxygens (including phenoxy) is 2. The molecular weight excluding hydrogens is 291 g/mol. The molecule has 1 fully saturated rings. The van der Waals surface area contributed by atoms with Gasteiger partial charge < -0.3 is 19.5 Å². The van der Waals surface area contributed by atoms with E-state index in [0.29, 0.717) is 4.90 Å². The molecule has 21 heavy (non-hydrogen) atoms. The number of amides is 1. The van der Waals surface area contributed by atoms with Crippen LogP contribution >= 0.6 is 0 Å². The molecule has 2 aliphatic rings. The third kappa shape index (κ3) is 3.56. The van der Waals surface area contributed by atoms with Crippen molar-refractivity contribution in [3.63, 3.8) is 0 Å². The molecule has 2 rings (SSSR count). The standard InChI is InChI=1S/C13H18F3NO4/c1-12(2)20-7-8-10(21-12)9(18)5-3-4-6-17(8)11(19)13(14,15)16/h3,5,8-10,18H,4,6-7H2,1-2H3/b5-3+/t8?,9-,10-/m1/s1. The lowest BCUT2D eigenvalue weighted by Gasteiger charge is -2.47. The number of carbonyl (C=O) groups excluding carboxylic acids is 1. The summed E-state index contributed by atoms with van der Waals surface area (Å²) in [5.74, 6) is -2.96. The maximum atomic E-state index is 12.7. The second kappa shape index (κ2) is 5.58. The summed E-state index contributed by atoms with van der Waals surface area (Å²) in [5, 5.41) is 10.1. The minimum absolute atomic E-state index is 0.101. The first kappa shape index (κ1) is 16.3. The highest BCUT2D eigenvalue weighted by Crippen LogP contribution is 2.31. The average Bonchev–Trinajstić information content (AvgIpc) is 2.35. The summed E-state index contributed by atoms with van der Waals surface area (Å²) in [6.07, 6.45) is -3.77. The highest BCUT2D eigenvalue weighted by atomic mass is 19.4. The number of aliphatic hydroxyl groups is 1. The summed E-state index contributed by atoms with van der Waals surface area (Å²) < 4.78 is 49.1. The molecule has 8 heteroatoms. The lowest BCUT2D eigenvalue weighted by molar-refractivity contribution is -0.306. The highest BCUT2D eigenvalue weighted by molar-refractivity contribution is 5.82. The van der Waals surface area contributed by atoms with Crippen LogP contribution in [0.25, 0.3) is 0 Å². The van der Waals surface area contributed by atoms with E-state index in [4.69, 9.17) is 9.47 Å². The van der Waals surface area contributed by atoms with Crippen molar-refractivity contribution in [3.8, 4) is 0 Å². The summed E-state index contributed by atoms with van der Waals surface area (Å²) in [5.41, 5.74) is 0. The summed E-state index contributed by atoms with van der Waals surface area (Å²) in [7, 11) is 0. The maximum Gasteiger partial charge on any atom is 0.471 e. The van der Waals surface area contributed by atoms with E-state index in [1.54, 1.807) is 19.9 Å². The van der Waals surface area contributed by atoms with E-state index in [1.165, 1.54) is 6.08 Å². The summed E-state index contributed by atoms with van der Waals surface area (Å²) in [6, 6.07) is -0.980. The first-order chi connectivity index (χ1) is 9.62. The molecular formula is C13H18F3NO4. The van der Waals surface area contributed by atoms with Crippen molar-refractivity contribution >= 4 is 5.91 Å². The van der Waals surface area contributed by atoms with Crippen molar-refractivity contribution in [2.24, 2.45) is 0 Å². The molecule has 1 saturated heterocycles. The molecule has 0 spiro atoms. The monoisotopic (exact) mass is 309 g/mol. The Labute approximate surface area is 120 Å². The van der Waals surface area contributed by atoms with Crippen LogP contribution in [0.1, 0.15) is 20.3 Å². The van der Waals surface area contributed by atoms with Gasteiger partial charge in [-0.2, -0.15) is 13.2 Å². The van der Waals surface area contributed by atoms with Gasteiger partial charge in [0.15, 0.2) is 5.79 Å². The van der Waals surface area contributed by atoms with Gasteiger partial charge in [0.25, 0.3) is 0 Å². The number of fused-ring (bicyclic) bond motifs is 1. The Bertz CT molecular complexity index is 436. The van der Waals surface area contributed by atoms with E-state index >= 15 is 0 Å². The fraction of sp³-hybridized carbons (Fsp3) is 0.769. The van der Waals surface area contributed by atoms with E-state index < -0.39 is 36.1 Å². The van der Waals surface area contributed by atoms with Gasteiger partial charge in [-0.15, -0.1) is 0 Å². The molecule has 0 bridgehead atoms. The molecule has 0 radical (unpaired) electrons. The normalized spacial score (nSPS) is 34.6. The van der Waals surface area contributed by atoms with E-state index in [2.05, 4.69) is 0 Å². The molecule has 1 unspecified atom stereocenters. The van der Waals surface area contributed by atoms with Gasteiger partial charge in [0.1, 0.15) is 12.2 Å². The van der Waals surface area contributed by atoms with Gasteiger partial charge in [0.2, 0.25) is 0 Å². The van der Waals surface area contributed by atoms with Crippen LogP contribution in [0.4, 0.5) is 13.2 Å². The molecule has 0 aromatic rings. The Morgan fingerprint density at radius 2 is 2.10 bits per heavy atom. The Morgan fingerprint density at radius 3 is 2.71 bits per heavy atom. The second-order valence-corrected chi connectivity index (χ2v) is 5.56. The fourth-order valence-corrected chi connectivity index (χ4v) is 2.53. The fourth-order valence-electron chi connectivity index (χ4n) is 2.53. The van der Waals surface area contributed by atoms with Crippen LogP contribution in [0, 0.1) is 0 Å². The number of alkyl halides is 3. The summed E-state index contributed by atoms with van der Waals surface area (Å²) in [4.78, 5) is 12.3. The van der Waals surface area contributed by atoms with Crippen LogP contribution in [-0.4, -0.2) is 59.3 Å². The molecule has 1 N–H and O–H groups in total. The zero-order valence-electron chi connectivity index (χ0n) is 11.8. The van der Waals surface area contributed by atoms with Gasteiger partial charge in [0.05, 0.1) is 12.6 Å². The van der Waals surface area contributed by atoms with E-state index in [-0.39, 0.29) is 19.6 Å². The van der Waals surface area contributed by atoms with Gasteiger partial charge in [-0.3, -0.25) is 4.79 Å². The summed E-state index contributed by atoms with van der Waals surface area (Å²) in [6.45, 7) is 2.99. The molecule has 3 atom stereocenters. The Morgan fingerprint density at radius 1 is 1.43 bits per heavy atom. The zero-order chi connectivity index (χ0) is 15.8. The van der Waals surface area contributed by atoms with Gasteiger partial charge in [-0.25, -0.2) is 0 Å². The van der Waals surface area contributed by atoms with E-state index in [9.17, 15) is 23.1 Å². The number of hydrogen-bond donors (Lipinski definition) is 1. The van der Waals surface area contributed by atoms with Crippen molar-refractivity contribution in [1.82, 2.24) is 4.90 Å². The van der Waals surface area contributed by atoms with Crippen molar-refractivity contribution < 1.29 is 32.5 Å². The van der Waals surface area contributed by atoms with Crippen molar-refractivity contribution in [2.45, 2.75) is 50.5 Å². The number of hydrogen-bond acceptors (Lipinski definition) is 4. The predicted octanol–water partition coefficient (Wildman–Crippen LogP) is 1.22. The number of rotatable bonds is 0. The molecule has 0 saturated carbocycles. The SMILES string of the molecule is CC1(C)OCC2[C@@H](O1)[C@H](O)/C=C/CCN2C(=O)C(F)(F)F. The van der Waals surface area contributed by atoms with Crippen LogP contribution in [0.5, 0.6) is 0 Å². The van der Waals surface area contributed by atoms with Crippen LogP contribution < -0.4 is 0 Å². The third-order valence-corrected chi connectivity index (χ3v) is 3.51. The first-order valence-electron chi connectivity index (χ1n) is 6.66. The quantitative estimate of drug-likeness (QED) is 0.684. The summed E-state index contributed by atoms with van der Waals surface area (Å²) >= 11 is 0. The number of nitrogens with zero attached hydrogens (tertiary/aromatic N) is 1. The van der Waals surface area contributed by atoms with Crippen LogP contribution in [-0.2, 0) is 14.3 Å². The molecule has 0 aliphatic carbocycles. The van der Waals surface area contributed by atoms with Crippen molar-refractivity contribution in [3.05, 3.63) is 12.2 Å². The third-order valence-electron chi connectivity index (χ3n) is 3.51. The van der Waals surface area contributed by atoms with Gasteiger partial charge in [0, 0.05) is 6.54 Å². The highest BCUT2D eigenvalue weighted by Gasteiger charge is 2.50. The van der Waals surface area contributed by atoms with Crippen molar-refractivity contribution in [2.75, 3.05) is 13.2 Å².